The number of non-ortho nitro benzene ring substituents is 1. The standard InChI is InChI=1S/C20H19N3O5S/c1-2-12-3-6-17-13(7-12)9-18(29-17)20(25)28-11-19(24)22-16-5-4-15(23(26)27)8-14(16)10-21/h4-5,8-9,12H,2-3,6-7,11H2,1H3,(H,22,24)/t12-/m1/s1. The molecule has 3 rings (SSSR count). The number of hydrogen-bond acceptors (Lipinski definition) is 7. The monoisotopic (exact) mass is 413 g/mol. The summed E-state index contributed by atoms with van der Waals surface area (Å²) in [5.74, 6) is -0.546. The van der Waals surface area contributed by atoms with Crippen molar-refractivity contribution in [2.45, 2.75) is 32.6 Å². The van der Waals surface area contributed by atoms with Crippen LogP contribution in [0.25, 0.3) is 0 Å². The first-order valence-corrected chi connectivity index (χ1v) is 10.00. The Balaban J connectivity index is 1.59. The van der Waals surface area contributed by atoms with Gasteiger partial charge in [0.2, 0.25) is 0 Å². The van der Waals surface area contributed by atoms with Crippen LogP contribution in [0.1, 0.15) is 45.4 Å². The van der Waals surface area contributed by atoms with E-state index in [1.54, 1.807) is 6.07 Å². The second kappa shape index (κ2) is 8.84. The molecule has 0 fully saturated rings. The van der Waals surface area contributed by atoms with Gasteiger partial charge in [0.05, 0.1) is 16.2 Å². The molecule has 1 aromatic heterocycles. The molecular weight excluding hydrogens is 394 g/mol. The Morgan fingerprint density at radius 2 is 2.21 bits per heavy atom. The molecule has 1 aromatic carbocycles. The van der Waals surface area contributed by atoms with E-state index < -0.39 is 23.4 Å². The molecule has 1 atom stereocenters. The molecule has 0 saturated heterocycles. The van der Waals surface area contributed by atoms with Crippen LogP contribution in [-0.2, 0) is 22.4 Å². The second-order valence-electron chi connectivity index (χ2n) is 6.80. The zero-order valence-corrected chi connectivity index (χ0v) is 16.6. The molecule has 29 heavy (non-hydrogen) atoms. The highest BCUT2D eigenvalue weighted by Gasteiger charge is 2.23. The molecule has 1 heterocycles. The number of nitro groups is 1. The van der Waals surface area contributed by atoms with E-state index >= 15 is 0 Å². The maximum Gasteiger partial charge on any atom is 0.348 e. The molecule has 0 radical (unpaired) electrons. The number of nitrogens with one attached hydrogen (secondary N) is 1. The Bertz CT molecular complexity index is 1010. The van der Waals surface area contributed by atoms with Crippen LogP contribution < -0.4 is 5.32 Å². The van der Waals surface area contributed by atoms with Gasteiger partial charge in [-0.2, -0.15) is 5.26 Å². The van der Waals surface area contributed by atoms with E-state index in [1.165, 1.54) is 33.9 Å². The van der Waals surface area contributed by atoms with Crippen LogP contribution in [0.15, 0.2) is 24.3 Å². The zero-order chi connectivity index (χ0) is 21.0. The van der Waals surface area contributed by atoms with E-state index in [9.17, 15) is 19.7 Å². The summed E-state index contributed by atoms with van der Waals surface area (Å²) in [7, 11) is 0. The summed E-state index contributed by atoms with van der Waals surface area (Å²) >= 11 is 1.41. The highest BCUT2D eigenvalue weighted by atomic mass is 32.1. The topological polar surface area (TPSA) is 122 Å². The van der Waals surface area contributed by atoms with Crippen molar-refractivity contribution in [3.63, 3.8) is 0 Å². The number of benzene rings is 1. The third-order valence-corrected chi connectivity index (χ3v) is 6.12. The van der Waals surface area contributed by atoms with Crippen molar-refractivity contribution in [3.8, 4) is 6.07 Å². The number of hydrogen-bond donors (Lipinski definition) is 1. The molecule has 8 nitrogen and oxygen atoms in total. The molecule has 0 saturated carbocycles. The zero-order valence-electron chi connectivity index (χ0n) is 15.8. The SMILES string of the molecule is CC[C@@H]1CCc2sc(C(=O)OCC(=O)Nc3ccc([N+](=O)[O-])cc3C#N)cc2C1. The minimum Gasteiger partial charge on any atom is -0.451 e. The Hall–Kier alpha value is -3.25. The van der Waals surface area contributed by atoms with Gasteiger partial charge in [0.15, 0.2) is 6.61 Å². The second-order valence-corrected chi connectivity index (χ2v) is 7.94. The van der Waals surface area contributed by atoms with Gasteiger partial charge in [0.25, 0.3) is 11.6 Å². The van der Waals surface area contributed by atoms with Gasteiger partial charge in [-0.15, -0.1) is 11.3 Å². The van der Waals surface area contributed by atoms with Crippen molar-refractivity contribution in [2.75, 3.05) is 11.9 Å². The first-order chi connectivity index (χ1) is 13.9. The number of esters is 1. The lowest BCUT2D eigenvalue weighted by Crippen LogP contribution is -2.21. The third-order valence-electron chi connectivity index (χ3n) is 4.91. The number of fused-ring (bicyclic) bond motifs is 1. The highest BCUT2D eigenvalue weighted by Crippen LogP contribution is 2.33. The molecule has 1 aliphatic rings. The Morgan fingerprint density at radius 1 is 1.41 bits per heavy atom. The first-order valence-electron chi connectivity index (χ1n) is 9.18. The van der Waals surface area contributed by atoms with Crippen molar-refractivity contribution in [1.29, 1.82) is 5.26 Å². The van der Waals surface area contributed by atoms with Crippen molar-refractivity contribution < 1.29 is 19.2 Å². The summed E-state index contributed by atoms with van der Waals surface area (Å²) in [5.41, 5.74) is 1.01. The predicted octanol–water partition coefficient (Wildman–Crippen LogP) is 3.84. The van der Waals surface area contributed by atoms with E-state index in [1.807, 2.05) is 6.07 Å². The molecule has 1 N–H and O–H groups in total. The largest absolute Gasteiger partial charge is 0.451 e. The minimum atomic E-state index is -0.629. The smallest absolute Gasteiger partial charge is 0.348 e. The average Bonchev–Trinajstić information content (AvgIpc) is 3.15. The van der Waals surface area contributed by atoms with Gasteiger partial charge in [-0.1, -0.05) is 13.3 Å². The quantitative estimate of drug-likeness (QED) is 0.436. The van der Waals surface area contributed by atoms with E-state index in [4.69, 9.17) is 10.00 Å². The molecule has 0 spiro atoms. The lowest BCUT2D eigenvalue weighted by molar-refractivity contribution is -0.384. The lowest BCUT2D eigenvalue weighted by atomic mass is 9.87. The number of aryl methyl sites for hydroxylation is 1. The number of ether oxygens (including phenoxy) is 1. The van der Waals surface area contributed by atoms with E-state index in [2.05, 4.69) is 12.2 Å². The molecule has 0 unspecified atom stereocenters. The van der Waals surface area contributed by atoms with Crippen LogP contribution in [0.2, 0.25) is 0 Å². The van der Waals surface area contributed by atoms with Crippen molar-refractivity contribution in [1.82, 2.24) is 0 Å². The van der Waals surface area contributed by atoms with Crippen LogP contribution in [0.5, 0.6) is 0 Å². The first kappa shape index (κ1) is 20.5. The minimum absolute atomic E-state index is 0.0460. The summed E-state index contributed by atoms with van der Waals surface area (Å²) in [5, 5.41) is 22.3. The summed E-state index contributed by atoms with van der Waals surface area (Å²) in [4.78, 5) is 36.2. The Labute approximate surface area is 171 Å². The van der Waals surface area contributed by atoms with E-state index in [-0.39, 0.29) is 16.9 Å². The number of carbonyl (C=O) groups excluding carboxylic acids is 2. The molecule has 2 aromatic rings. The third kappa shape index (κ3) is 4.78. The van der Waals surface area contributed by atoms with Crippen LogP contribution in [-0.4, -0.2) is 23.4 Å². The van der Waals surface area contributed by atoms with E-state index in [0.717, 1.165) is 31.7 Å². The van der Waals surface area contributed by atoms with Gasteiger partial charge in [0.1, 0.15) is 10.9 Å². The number of carbonyl (C=O) groups is 2. The number of nitrogens with zero attached hydrogens (tertiary/aromatic N) is 2. The van der Waals surface area contributed by atoms with Crippen LogP contribution in [0.4, 0.5) is 11.4 Å². The fourth-order valence-corrected chi connectivity index (χ4v) is 4.39. The van der Waals surface area contributed by atoms with Gasteiger partial charge < -0.3 is 10.1 Å². The molecular formula is C20H19N3O5S. The summed E-state index contributed by atoms with van der Waals surface area (Å²) in [6, 6.07) is 7.18. The normalized spacial score (nSPS) is 15.1. The van der Waals surface area contributed by atoms with Gasteiger partial charge >= 0.3 is 5.97 Å². The Kier molecular flexibility index (Phi) is 6.24. The van der Waals surface area contributed by atoms with Crippen LogP contribution in [0.3, 0.4) is 0 Å². The lowest BCUT2D eigenvalue weighted by Gasteiger charge is -2.19. The molecule has 150 valence electrons. The molecule has 1 aliphatic carbocycles. The number of nitro benzene ring substituents is 1. The summed E-state index contributed by atoms with van der Waals surface area (Å²) in [6.45, 7) is 1.65. The fourth-order valence-electron chi connectivity index (χ4n) is 3.28. The highest BCUT2D eigenvalue weighted by molar-refractivity contribution is 7.14. The Morgan fingerprint density at radius 3 is 2.90 bits per heavy atom. The fraction of sp³-hybridized carbons (Fsp3) is 0.350. The molecule has 9 heteroatoms. The van der Waals surface area contributed by atoms with Crippen LogP contribution in [0, 0.1) is 27.4 Å². The number of anilines is 1. The van der Waals surface area contributed by atoms with E-state index in [0.29, 0.717) is 10.8 Å². The van der Waals surface area contributed by atoms with Crippen molar-refractivity contribution in [3.05, 3.63) is 55.3 Å². The maximum absolute atomic E-state index is 12.3. The average molecular weight is 413 g/mol. The summed E-state index contributed by atoms with van der Waals surface area (Å²) in [6.07, 6.45) is 4.16. The number of thiophene rings is 1. The predicted molar refractivity (Wildman–Crippen MR) is 107 cm³/mol. The van der Waals surface area contributed by atoms with Gasteiger partial charge in [-0.3, -0.25) is 14.9 Å². The maximum atomic E-state index is 12.3. The molecule has 0 bridgehead atoms. The van der Waals surface area contributed by atoms with Crippen LogP contribution >= 0.6 is 11.3 Å². The summed E-state index contributed by atoms with van der Waals surface area (Å²) < 4.78 is 5.10. The van der Waals surface area contributed by atoms with Crippen molar-refractivity contribution in [2.24, 2.45) is 5.92 Å². The molecule has 1 amide bonds. The van der Waals surface area contributed by atoms with Crippen molar-refractivity contribution >= 4 is 34.6 Å². The van der Waals surface area contributed by atoms with Gasteiger partial charge in [-0.05, 0) is 42.9 Å². The number of nitriles is 1. The van der Waals surface area contributed by atoms with Gasteiger partial charge in [0, 0.05) is 17.0 Å². The number of rotatable bonds is 6. The number of amides is 1. The molecule has 0 aliphatic heterocycles. The van der Waals surface area contributed by atoms with Gasteiger partial charge in [-0.25, -0.2) is 4.79 Å².